The number of nitrogens with one attached hydrogen (secondary N) is 1. The average molecular weight is 283 g/mol. The molecule has 4 heterocycles. The van der Waals surface area contributed by atoms with Gasteiger partial charge in [0, 0.05) is 12.6 Å². The third-order valence-electron chi connectivity index (χ3n) is 3.90. The first-order chi connectivity index (χ1) is 9.13. The van der Waals surface area contributed by atoms with Crippen LogP contribution in [0.3, 0.4) is 0 Å². The molecule has 6 nitrogen and oxygen atoms in total. The van der Waals surface area contributed by atoms with Gasteiger partial charge in [-0.3, -0.25) is 4.79 Å². The van der Waals surface area contributed by atoms with Crippen molar-refractivity contribution in [2.24, 2.45) is 5.92 Å². The van der Waals surface area contributed by atoms with Gasteiger partial charge in [-0.25, -0.2) is 4.98 Å². The van der Waals surface area contributed by atoms with Gasteiger partial charge in [-0.2, -0.15) is 4.98 Å². The van der Waals surface area contributed by atoms with Crippen molar-refractivity contribution in [1.29, 1.82) is 0 Å². The summed E-state index contributed by atoms with van der Waals surface area (Å²) in [6, 6.07) is 0.149. The average Bonchev–Trinajstić information content (AvgIpc) is 2.43. The Morgan fingerprint density at radius 1 is 1.47 bits per heavy atom. The van der Waals surface area contributed by atoms with Gasteiger partial charge >= 0.3 is 0 Å². The molecule has 3 fully saturated rings. The Kier molecular flexibility index (Phi) is 3.28. The van der Waals surface area contributed by atoms with Crippen molar-refractivity contribution in [3.8, 4) is 5.88 Å². The van der Waals surface area contributed by atoms with Gasteiger partial charge in [-0.1, -0.05) is 11.6 Å². The lowest BCUT2D eigenvalue weighted by Crippen LogP contribution is -2.57. The Morgan fingerprint density at radius 3 is 2.79 bits per heavy atom. The van der Waals surface area contributed by atoms with E-state index in [1.165, 1.54) is 6.20 Å². The van der Waals surface area contributed by atoms with Crippen molar-refractivity contribution in [2.45, 2.75) is 18.9 Å². The van der Waals surface area contributed by atoms with E-state index in [2.05, 4.69) is 20.2 Å². The Balaban J connectivity index is 1.69. The Labute approximate surface area is 115 Å². The highest BCUT2D eigenvalue weighted by Gasteiger charge is 2.35. The second kappa shape index (κ2) is 4.94. The minimum atomic E-state index is -0.365. The lowest BCUT2D eigenvalue weighted by Gasteiger charge is -2.44. The van der Waals surface area contributed by atoms with Gasteiger partial charge in [0.2, 0.25) is 11.7 Å². The van der Waals surface area contributed by atoms with Gasteiger partial charge in [-0.05, 0) is 31.8 Å². The van der Waals surface area contributed by atoms with Crippen LogP contribution in [0.1, 0.15) is 23.5 Å². The Morgan fingerprint density at radius 2 is 2.21 bits per heavy atom. The molecule has 3 saturated heterocycles. The third kappa shape index (κ3) is 2.50. The molecule has 0 saturated carbocycles. The van der Waals surface area contributed by atoms with Crippen LogP contribution in [0, 0.1) is 5.92 Å². The molecule has 2 bridgehead atoms. The van der Waals surface area contributed by atoms with Gasteiger partial charge in [0.25, 0.3) is 5.91 Å². The molecule has 1 aromatic rings. The van der Waals surface area contributed by atoms with E-state index >= 15 is 0 Å². The second-order valence-electron chi connectivity index (χ2n) is 5.08. The van der Waals surface area contributed by atoms with Gasteiger partial charge in [0.15, 0.2) is 0 Å². The number of aromatic nitrogens is 2. The standard InChI is InChI=1S/C12H15ClN4O2/c13-8-5-14-10(16-11(8)18)12(19)15-9-6-17-3-1-7(9)2-4-17/h5,7,9H,1-4,6H2,(H,15,19)(H,14,16,18)/t9-/m0/s1. The van der Waals surface area contributed by atoms with Gasteiger partial charge in [0.1, 0.15) is 5.02 Å². The maximum atomic E-state index is 12.0. The summed E-state index contributed by atoms with van der Waals surface area (Å²) in [5, 5.41) is 12.4. The molecular formula is C12H15ClN4O2. The maximum absolute atomic E-state index is 12.0. The zero-order valence-corrected chi connectivity index (χ0v) is 11.1. The fraction of sp³-hybridized carbons (Fsp3) is 0.583. The van der Waals surface area contributed by atoms with E-state index in [0.29, 0.717) is 5.92 Å². The smallest absolute Gasteiger partial charge is 0.289 e. The zero-order chi connectivity index (χ0) is 13.4. The predicted octanol–water partition coefficient (Wildman–Crippen LogP) is 0.660. The largest absolute Gasteiger partial charge is 0.492 e. The monoisotopic (exact) mass is 282 g/mol. The number of amides is 1. The van der Waals surface area contributed by atoms with E-state index in [1.54, 1.807) is 0 Å². The van der Waals surface area contributed by atoms with E-state index in [9.17, 15) is 9.90 Å². The SMILES string of the molecule is O=C(N[C@H]1CN2CCC1CC2)c1ncc(Cl)c(O)n1. The first-order valence-corrected chi connectivity index (χ1v) is 6.76. The lowest BCUT2D eigenvalue weighted by molar-refractivity contribution is 0.0614. The molecule has 0 radical (unpaired) electrons. The number of fused-ring (bicyclic) bond motifs is 3. The van der Waals surface area contributed by atoms with Crippen LogP contribution in [0.5, 0.6) is 5.88 Å². The summed E-state index contributed by atoms with van der Waals surface area (Å²) in [4.78, 5) is 21.9. The molecule has 102 valence electrons. The molecule has 2 N–H and O–H groups in total. The highest BCUT2D eigenvalue weighted by Crippen LogP contribution is 2.27. The quantitative estimate of drug-likeness (QED) is 0.833. The molecule has 0 unspecified atom stereocenters. The summed E-state index contributed by atoms with van der Waals surface area (Å²) in [7, 11) is 0. The summed E-state index contributed by atoms with van der Waals surface area (Å²) in [6.45, 7) is 3.13. The highest BCUT2D eigenvalue weighted by molar-refractivity contribution is 6.31. The molecule has 3 aliphatic heterocycles. The van der Waals surface area contributed by atoms with Crippen molar-refractivity contribution in [2.75, 3.05) is 19.6 Å². The van der Waals surface area contributed by atoms with E-state index in [4.69, 9.17) is 11.6 Å². The first kappa shape index (κ1) is 12.6. The molecule has 0 aliphatic carbocycles. The number of halogens is 1. The van der Waals surface area contributed by atoms with Crippen molar-refractivity contribution >= 4 is 17.5 Å². The minimum absolute atomic E-state index is 0.0411. The number of hydrogen-bond acceptors (Lipinski definition) is 5. The van der Waals surface area contributed by atoms with Gasteiger partial charge in [-0.15, -0.1) is 0 Å². The zero-order valence-electron chi connectivity index (χ0n) is 10.3. The summed E-state index contributed by atoms with van der Waals surface area (Å²) in [5.74, 6) is -0.227. The van der Waals surface area contributed by atoms with Gasteiger partial charge in [0.05, 0.1) is 6.20 Å². The molecular weight excluding hydrogens is 268 g/mol. The lowest BCUT2D eigenvalue weighted by atomic mass is 9.84. The van der Waals surface area contributed by atoms with Gasteiger partial charge < -0.3 is 15.3 Å². The van der Waals surface area contributed by atoms with Crippen LogP contribution < -0.4 is 5.32 Å². The molecule has 3 aliphatic rings. The number of rotatable bonds is 2. The number of nitrogens with zero attached hydrogens (tertiary/aromatic N) is 3. The van der Waals surface area contributed by atoms with Crippen molar-refractivity contribution in [1.82, 2.24) is 20.2 Å². The summed E-state index contributed by atoms with van der Waals surface area (Å²) in [6.07, 6.45) is 3.48. The van der Waals surface area contributed by atoms with E-state index in [-0.39, 0.29) is 28.7 Å². The topological polar surface area (TPSA) is 78.4 Å². The molecule has 4 rings (SSSR count). The van der Waals surface area contributed by atoms with Crippen molar-refractivity contribution < 1.29 is 9.90 Å². The molecule has 0 spiro atoms. The Hall–Kier alpha value is -1.40. The summed E-state index contributed by atoms with van der Waals surface area (Å²) in [5.41, 5.74) is 0. The van der Waals surface area contributed by atoms with Crippen LogP contribution in [0.15, 0.2) is 6.20 Å². The van der Waals surface area contributed by atoms with E-state index in [0.717, 1.165) is 32.5 Å². The summed E-state index contributed by atoms with van der Waals surface area (Å²) < 4.78 is 0. The van der Waals surface area contributed by atoms with E-state index < -0.39 is 0 Å². The Bertz CT molecular complexity index is 503. The maximum Gasteiger partial charge on any atom is 0.289 e. The number of carbonyl (C=O) groups excluding carboxylic acids is 1. The molecule has 1 atom stereocenters. The van der Waals surface area contributed by atoms with Crippen molar-refractivity contribution in [3.05, 3.63) is 17.0 Å². The fourth-order valence-corrected chi connectivity index (χ4v) is 2.92. The van der Waals surface area contributed by atoms with Crippen LogP contribution in [-0.4, -0.2) is 51.6 Å². The highest BCUT2D eigenvalue weighted by atomic mass is 35.5. The van der Waals surface area contributed by atoms with Crippen LogP contribution >= 0.6 is 11.6 Å². The number of hydrogen-bond donors (Lipinski definition) is 2. The van der Waals surface area contributed by atoms with Crippen LogP contribution in [0.2, 0.25) is 5.02 Å². The van der Waals surface area contributed by atoms with Crippen LogP contribution in [0.25, 0.3) is 0 Å². The van der Waals surface area contributed by atoms with Crippen molar-refractivity contribution in [3.63, 3.8) is 0 Å². The van der Waals surface area contributed by atoms with Crippen LogP contribution in [-0.2, 0) is 0 Å². The number of piperidine rings is 3. The molecule has 7 heteroatoms. The van der Waals surface area contributed by atoms with E-state index in [1.807, 2.05) is 0 Å². The second-order valence-corrected chi connectivity index (χ2v) is 5.49. The third-order valence-corrected chi connectivity index (χ3v) is 4.17. The first-order valence-electron chi connectivity index (χ1n) is 6.38. The molecule has 0 aromatic carbocycles. The minimum Gasteiger partial charge on any atom is -0.492 e. The predicted molar refractivity (Wildman–Crippen MR) is 69.1 cm³/mol. The normalized spacial score (nSPS) is 29.2. The van der Waals surface area contributed by atoms with Crippen LogP contribution in [0.4, 0.5) is 0 Å². The molecule has 1 amide bonds. The number of carbonyl (C=O) groups is 1. The molecule has 1 aromatic heterocycles. The summed E-state index contributed by atoms with van der Waals surface area (Å²) >= 11 is 5.62. The fourth-order valence-electron chi connectivity index (χ4n) is 2.83. The molecule has 19 heavy (non-hydrogen) atoms. The number of aromatic hydroxyl groups is 1.